The summed E-state index contributed by atoms with van der Waals surface area (Å²) in [6.07, 6.45) is 0. The van der Waals surface area contributed by atoms with Crippen molar-refractivity contribution in [3.63, 3.8) is 0 Å². The zero-order chi connectivity index (χ0) is 7.11. The fourth-order valence-electron chi connectivity index (χ4n) is 0.352. The van der Waals surface area contributed by atoms with Crippen LogP contribution in [0.4, 0.5) is 0 Å². The van der Waals surface area contributed by atoms with Crippen molar-refractivity contribution in [2.75, 3.05) is 24.8 Å². The van der Waals surface area contributed by atoms with E-state index >= 15 is 0 Å². The second-order valence-electron chi connectivity index (χ2n) is 1.43. The van der Waals surface area contributed by atoms with E-state index in [-0.39, 0.29) is 4.11 Å². The second-order valence-corrected chi connectivity index (χ2v) is 3.89. The zero-order valence-corrected chi connectivity index (χ0v) is 9.59. The van der Waals surface area contributed by atoms with Crippen molar-refractivity contribution >= 4 is 45.2 Å². The molecule has 1 atom stereocenters. The Bertz CT molecular complexity index is 60.9. The van der Waals surface area contributed by atoms with Crippen LogP contribution < -0.4 is 0 Å². The quantitative estimate of drug-likeness (QED) is 0.553. The molecule has 0 heterocycles. The summed E-state index contributed by atoms with van der Waals surface area (Å²) in [5, 5.41) is 0. The third-order valence-corrected chi connectivity index (χ3v) is 1.83. The molecule has 0 aliphatic carbocycles. The largest absolute Gasteiger partial charge is 0.381 e. The average Bonchev–Trinajstić information content (AvgIpc) is 1.85. The van der Waals surface area contributed by atoms with Crippen LogP contribution in [-0.4, -0.2) is 28.9 Å². The van der Waals surface area contributed by atoms with Crippen LogP contribution in [0.2, 0.25) is 0 Å². The molecule has 0 rings (SSSR count). The Hall–Kier alpha value is 1.38. The fourth-order valence-corrected chi connectivity index (χ4v) is 1.22. The molecule has 0 spiro atoms. The highest BCUT2D eigenvalue weighted by Gasteiger charge is 2.00. The maximum Gasteiger partial charge on any atom is 0.132 e. The van der Waals surface area contributed by atoms with Gasteiger partial charge in [0.25, 0.3) is 0 Å². The molecular weight excluding hydrogens is 346 g/mol. The van der Waals surface area contributed by atoms with E-state index in [1.165, 1.54) is 0 Å². The summed E-state index contributed by atoms with van der Waals surface area (Å²) in [6, 6.07) is 0. The highest BCUT2D eigenvalue weighted by atomic mass is 127. The minimum atomic E-state index is 0.211. The number of rotatable bonds is 5. The van der Waals surface area contributed by atoms with Crippen LogP contribution in [0, 0.1) is 0 Å². The molecule has 0 N–H and O–H groups in total. The molecule has 0 aliphatic rings. The molecule has 0 aromatic heterocycles. The first-order valence-electron chi connectivity index (χ1n) is 2.62. The number of halogens is 2. The third-order valence-electron chi connectivity index (χ3n) is 0.674. The van der Waals surface area contributed by atoms with E-state index in [1.54, 1.807) is 7.11 Å². The maximum atomic E-state index is 5.29. The van der Waals surface area contributed by atoms with Gasteiger partial charge < -0.3 is 9.47 Å². The first kappa shape index (κ1) is 10.4. The van der Waals surface area contributed by atoms with E-state index in [4.69, 9.17) is 9.47 Å². The van der Waals surface area contributed by atoms with E-state index in [9.17, 15) is 0 Å². The molecule has 1 unspecified atom stereocenters. The van der Waals surface area contributed by atoms with Crippen molar-refractivity contribution in [1.82, 2.24) is 0 Å². The summed E-state index contributed by atoms with van der Waals surface area (Å²) in [7, 11) is 1.68. The highest BCUT2D eigenvalue weighted by molar-refractivity contribution is 14.1. The van der Waals surface area contributed by atoms with Gasteiger partial charge in [0.15, 0.2) is 0 Å². The van der Waals surface area contributed by atoms with Gasteiger partial charge in [0.1, 0.15) is 4.11 Å². The van der Waals surface area contributed by atoms with Crippen molar-refractivity contribution < 1.29 is 9.47 Å². The lowest BCUT2D eigenvalue weighted by Crippen LogP contribution is -2.12. The monoisotopic (exact) mass is 356 g/mol. The van der Waals surface area contributed by atoms with Gasteiger partial charge in [-0.05, 0) is 22.6 Å². The molecule has 9 heavy (non-hydrogen) atoms. The zero-order valence-electron chi connectivity index (χ0n) is 5.27. The van der Waals surface area contributed by atoms with Gasteiger partial charge in [-0.2, -0.15) is 0 Å². The highest BCUT2D eigenvalue weighted by Crippen LogP contribution is 2.02. The van der Waals surface area contributed by atoms with Gasteiger partial charge >= 0.3 is 0 Å². The molecule has 0 amide bonds. The first-order chi connectivity index (χ1) is 4.31. The third kappa shape index (κ3) is 7.27. The molecule has 0 fully saturated rings. The number of alkyl halides is 2. The lowest BCUT2D eigenvalue weighted by molar-refractivity contribution is 0.0677. The summed E-state index contributed by atoms with van der Waals surface area (Å²) in [5.41, 5.74) is 0. The molecule has 56 valence electrons. The number of ether oxygens (including phenoxy) is 2. The second kappa shape index (κ2) is 7.49. The topological polar surface area (TPSA) is 18.5 Å². The normalized spacial score (nSPS) is 13.7. The van der Waals surface area contributed by atoms with Gasteiger partial charge in [-0.1, -0.05) is 22.6 Å². The molecule has 0 aliphatic heterocycles. The fraction of sp³-hybridized carbons (Fsp3) is 1.00. The van der Waals surface area contributed by atoms with Crippen LogP contribution in [0.25, 0.3) is 0 Å². The van der Waals surface area contributed by atoms with Crippen molar-refractivity contribution in [3.05, 3.63) is 0 Å². The molecule has 0 bridgehead atoms. The van der Waals surface area contributed by atoms with Gasteiger partial charge in [0, 0.05) is 11.5 Å². The number of hydrogen-bond donors (Lipinski definition) is 0. The predicted molar refractivity (Wildman–Crippen MR) is 54.5 cm³/mol. The maximum absolute atomic E-state index is 5.29. The first-order valence-corrected chi connectivity index (χ1v) is 5.39. The SMILES string of the molecule is COCC(I)OCCI. The van der Waals surface area contributed by atoms with E-state index < -0.39 is 0 Å². The van der Waals surface area contributed by atoms with Gasteiger partial charge in [-0.25, -0.2) is 0 Å². The Morgan fingerprint density at radius 2 is 2.22 bits per heavy atom. The van der Waals surface area contributed by atoms with Gasteiger partial charge in [0.2, 0.25) is 0 Å². The van der Waals surface area contributed by atoms with Crippen molar-refractivity contribution in [2.24, 2.45) is 0 Å². The summed E-state index contributed by atoms with van der Waals surface area (Å²) < 4.78 is 11.4. The Kier molecular flexibility index (Phi) is 8.63. The Morgan fingerprint density at radius 1 is 1.56 bits per heavy atom. The summed E-state index contributed by atoms with van der Waals surface area (Å²) in [6.45, 7) is 1.49. The van der Waals surface area contributed by atoms with E-state index in [0.717, 1.165) is 11.0 Å². The van der Waals surface area contributed by atoms with Crippen LogP contribution in [0.1, 0.15) is 0 Å². The van der Waals surface area contributed by atoms with Crippen LogP contribution in [0.5, 0.6) is 0 Å². The Morgan fingerprint density at radius 3 is 2.67 bits per heavy atom. The molecular formula is C5H10I2O2. The smallest absolute Gasteiger partial charge is 0.132 e. The van der Waals surface area contributed by atoms with Crippen LogP contribution in [-0.2, 0) is 9.47 Å². The van der Waals surface area contributed by atoms with E-state index in [1.807, 2.05) is 0 Å². The molecule has 0 aromatic rings. The molecule has 4 heteroatoms. The van der Waals surface area contributed by atoms with E-state index in [0.29, 0.717) is 6.61 Å². The van der Waals surface area contributed by atoms with Gasteiger partial charge in [-0.3, -0.25) is 0 Å². The minimum Gasteiger partial charge on any atom is -0.381 e. The number of methoxy groups -OCH3 is 1. The van der Waals surface area contributed by atoms with E-state index in [2.05, 4.69) is 45.2 Å². The summed E-state index contributed by atoms with van der Waals surface area (Å²) >= 11 is 4.49. The predicted octanol–water partition coefficient (Wildman–Crippen LogP) is 1.85. The van der Waals surface area contributed by atoms with Crippen LogP contribution >= 0.6 is 45.2 Å². The standard InChI is InChI=1S/C5H10I2O2/c1-8-4-5(7)9-3-2-6/h5H,2-4H2,1H3. The Balaban J connectivity index is 2.95. The van der Waals surface area contributed by atoms with Crippen molar-refractivity contribution in [2.45, 2.75) is 4.11 Å². The van der Waals surface area contributed by atoms with Crippen LogP contribution in [0.3, 0.4) is 0 Å². The average molecular weight is 356 g/mol. The van der Waals surface area contributed by atoms with Crippen molar-refractivity contribution in [1.29, 1.82) is 0 Å². The van der Waals surface area contributed by atoms with Crippen molar-refractivity contribution in [3.8, 4) is 0 Å². The summed E-state index contributed by atoms with van der Waals surface area (Å²) in [5.74, 6) is 0. The van der Waals surface area contributed by atoms with Gasteiger partial charge in [-0.15, -0.1) is 0 Å². The molecule has 0 radical (unpaired) electrons. The minimum absolute atomic E-state index is 0.211. The lowest BCUT2D eigenvalue weighted by atomic mass is 10.7. The lowest BCUT2D eigenvalue weighted by Gasteiger charge is -2.07. The molecule has 0 aromatic carbocycles. The molecule has 0 saturated heterocycles. The molecule has 0 saturated carbocycles. The van der Waals surface area contributed by atoms with Crippen LogP contribution in [0.15, 0.2) is 0 Å². The Labute approximate surface area is 82.9 Å². The van der Waals surface area contributed by atoms with Gasteiger partial charge in [0.05, 0.1) is 13.2 Å². The number of hydrogen-bond acceptors (Lipinski definition) is 2. The summed E-state index contributed by atoms with van der Waals surface area (Å²) in [4.78, 5) is 0. The molecule has 2 nitrogen and oxygen atoms in total.